The van der Waals surface area contributed by atoms with Crippen LogP contribution in [0.25, 0.3) is 11.2 Å². The molecule has 3 heterocycles. The number of rotatable bonds is 4. The molecule has 1 aliphatic heterocycles. The minimum absolute atomic E-state index is 0. The summed E-state index contributed by atoms with van der Waals surface area (Å²) in [6, 6.07) is 0. The van der Waals surface area contributed by atoms with E-state index in [4.69, 9.17) is 0 Å². The Bertz CT molecular complexity index is 907. The summed E-state index contributed by atoms with van der Waals surface area (Å²) in [6.07, 6.45) is 3.35. The maximum Gasteiger partial charge on any atom is 0.332 e. The predicted octanol–water partition coefficient (Wildman–Crippen LogP) is -0.686. The number of imidazole rings is 1. The number of piperidine rings is 1. The molecule has 9 nitrogen and oxygen atoms in total. The van der Waals surface area contributed by atoms with E-state index in [1.807, 2.05) is 7.05 Å². The van der Waals surface area contributed by atoms with E-state index in [-0.39, 0.29) is 24.9 Å². The monoisotopic (exact) mass is 384 g/mol. The zero-order valence-corrected chi connectivity index (χ0v) is 16.1. The number of nitrogens with one attached hydrogen (secondary N) is 1. The van der Waals surface area contributed by atoms with Crippen LogP contribution in [0.4, 0.5) is 0 Å². The van der Waals surface area contributed by atoms with E-state index in [1.54, 1.807) is 23.6 Å². The van der Waals surface area contributed by atoms with E-state index in [2.05, 4.69) is 10.3 Å². The smallest absolute Gasteiger partial charge is 0.332 e. The standard InChI is InChI=1S/C16H24N6O3.ClH/c1-17-8-11-4-6-21(7-5-11)12(23)9-22-15(24)13-14(18-10-19(13)2)20(3)16(22)25;/h10-11,17H,4-9H2,1-3H3;1H. The molecule has 0 spiro atoms. The topological polar surface area (TPSA) is 94.2 Å². The molecule has 1 fully saturated rings. The van der Waals surface area contributed by atoms with Crippen molar-refractivity contribution in [1.82, 2.24) is 28.9 Å². The quantitative estimate of drug-likeness (QED) is 0.753. The Morgan fingerprint density at radius 2 is 1.92 bits per heavy atom. The maximum atomic E-state index is 12.6. The van der Waals surface area contributed by atoms with E-state index < -0.39 is 11.2 Å². The molecule has 1 N–H and O–H groups in total. The van der Waals surface area contributed by atoms with Gasteiger partial charge in [0.2, 0.25) is 5.91 Å². The number of hydrogen-bond donors (Lipinski definition) is 1. The molecule has 0 saturated carbocycles. The molecule has 1 amide bonds. The van der Waals surface area contributed by atoms with Crippen molar-refractivity contribution in [1.29, 1.82) is 0 Å². The fraction of sp³-hybridized carbons (Fsp3) is 0.625. The van der Waals surface area contributed by atoms with Crippen molar-refractivity contribution in [2.24, 2.45) is 20.0 Å². The second-order valence-corrected chi connectivity index (χ2v) is 6.64. The molecular weight excluding hydrogens is 360 g/mol. The molecule has 2 aromatic heterocycles. The average Bonchev–Trinajstić information content (AvgIpc) is 2.99. The highest BCUT2D eigenvalue weighted by Crippen LogP contribution is 2.16. The van der Waals surface area contributed by atoms with Crippen molar-refractivity contribution in [2.75, 3.05) is 26.7 Å². The lowest BCUT2D eigenvalue weighted by atomic mass is 9.97. The average molecular weight is 385 g/mol. The largest absolute Gasteiger partial charge is 0.341 e. The number of carbonyl (C=O) groups excluding carboxylic acids is 1. The number of aryl methyl sites for hydroxylation is 2. The van der Waals surface area contributed by atoms with Crippen molar-refractivity contribution in [2.45, 2.75) is 19.4 Å². The van der Waals surface area contributed by atoms with E-state index in [0.717, 1.165) is 24.0 Å². The normalized spacial score (nSPS) is 15.3. The number of likely N-dealkylation sites (tertiary alicyclic amines) is 1. The number of aromatic nitrogens is 4. The number of carbonyl (C=O) groups is 1. The van der Waals surface area contributed by atoms with E-state index >= 15 is 0 Å². The summed E-state index contributed by atoms with van der Waals surface area (Å²) in [4.78, 5) is 43.5. The number of halogens is 1. The molecule has 0 aromatic carbocycles. The molecule has 3 rings (SSSR count). The Kier molecular flexibility index (Phi) is 6.25. The van der Waals surface area contributed by atoms with Crippen molar-refractivity contribution in [3.05, 3.63) is 27.2 Å². The second kappa shape index (κ2) is 8.05. The molecule has 1 aliphatic rings. The summed E-state index contributed by atoms with van der Waals surface area (Å²) in [6.45, 7) is 2.03. The molecule has 0 radical (unpaired) electrons. The van der Waals surface area contributed by atoms with Crippen LogP contribution in [0.1, 0.15) is 12.8 Å². The first-order valence-corrected chi connectivity index (χ1v) is 8.47. The van der Waals surface area contributed by atoms with Crippen LogP contribution in [0.5, 0.6) is 0 Å². The van der Waals surface area contributed by atoms with Crippen LogP contribution in [0.3, 0.4) is 0 Å². The highest BCUT2D eigenvalue weighted by Gasteiger charge is 2.24. The minimum Gasteiger partial charge on any atom is -0.341 e. The first-order chi connectivity index (χ1) is 11.9. The number of hydrogen-bond acceptors (Lipinski definition) is 5. The molecule has 0 bridgehead atoms. The summed E-state index contributed by atoms with van der Waals surface area (Å²) >= 11 is 0. The Morgan fingerprint density at radius 3 is 2.54 bits per heavy atom. The maximum absolute atomic E-state index is 12.6. The highest BCUT2D eigenvalue weighted by molar-refractivity contribution is 5.85. The van der Waals surface area contributed by atoms with Crippen LogP contribution in [0.2, 0.25) is 0 Å². The van der Waals surface area contributed by atoms with Gasteiger partial charge in [0.15, 0.2) is 11.2 Å². The molecule has 0 atom stereocenters. The molecule has 2 aromatic rings. The molecule has 26 heavy (non-hydrogen) atoms. The van der Waals surface area contributed by atoms with Crippen LogP contribution < -0.4 is 16.6 Å². The lowest BCUT2D eigenvalue weighted by Gasteiger charge is -2.32. The lowest BCUT2D eigenvalue weighted by Crippen LogP contribution is -2.47. The third-order valence-electron chi connectivity index (χ3n) is 4.95. The molecule has 144 valence electrons. The predicted molar refractivity (Wildman–Crippen MR) is 101 cm³/mol. The summed E-state index contributed by atoms with van der Waals surface area (Å²) in [5.74, 6) is 0.374. The van der Waals surface area contributed by atoms with Gasteiger partial charge in [0, 0.05) is 27.2 Å². The highest BCUT2D eigenvalue weighted by atomic mass is 35.5. The van der Waals surface area contributed by atoms with Crippen LogP contribution in [0, 0.1) is 5.92 Å². The Morgan fingerprint density at radius 1 is 1.27 bits per heavy atom. The lowest BCUT2D eigenvalue weighted by molar-refractivity contribution is -0.133. The van der Waals surface area contributed by atoms with E-state index in [9.17, 15) is 14.4 Å². The zero-order chi connectivity index (χ0) is 18.1. The molecular formula is C16H25ClN6O3. The fourth-order valence-corrected chi connectivity index (χ4v) is 3.45. The SMILES string of the molecule is CNCC1CCN(C(=O)Cn2c(=O)c3c(ncn3C)n(C)c2=O)CC1.Cl. The molecule has 0 aliphatic carbocycles. The van der Waals surface area contributed by atoms with Crippen molar-refractivity contribution >= 4 is 29.5 Å². The van der Waals surface area contributed by atoms with Gasteiger partial charge in [-0.1, -0.05) is 0 Å². The Balaban J connectivity index is 0.00000243. The molecule has 0 unspecified atom stereocenters. The minimum atomic E-state index is -0.519. The third-order valence-corrected chi connectivity index (χ3v) is 4.95. The van der Waals surface area contributed by atoms with Gasteiger partial charge in [-0.3, -0.25) is 14.2 Å². The first-order valence-electron chi connectivity index (χ1n) is 8.47. The first kappa shape index (κ1) is 20.2. The van der Waals surface area contributed by atoms with E-state index in [0.29, 0.717) is 30.2 Å². The number of nitrogens with zero attached hydrogens (tertiary/aromatic N) is 5. The van der Waals surface area contributed by atoms with Gasteiger partial charge in [0.05, 0.1) is 6.33 Å². The van der Waals surface area contributed by atoms with Crippen molar-refractivity contribution in [3.8, 4) is 0 Å². The number of fused-ring (bicyclic) bond motifs is 1. The van der Waals surface area contributed by atoms with Gasteiger partial charge in [0.1, 0.15) is 6.54 Å². The second-order valence-electron chi connectivity index (χ2n) is 6.64. The Hall–Kier alpha value is -2.13. The summed E-state index contributed by atoms with van der Waals surface area (Å²) in [7, 11) is 5.18. The van der Waals surface area contributed by atoms with Gasteiger partial charge < -0.3 is 14.8 Å². The van der Waals surface area contributed by atoms with Gasteiger partial charge in [-0.2, -0.15) is 0 Å². The molecule has 10 heteroatoms. The van der Waals surface area contributed by atoms with Gasteiger partial charge in [0.25, 0.3) is 5.56 Å². The summed E-state index contributed by atoms with van der Waals surface area (Å²) in [5.41, 5.74) is -0.345. The summed E-state index contributed by atoms with van der Waals surface area (Å²) in [5, 5.41) is 3.16. The van der Waals surface area contributed by atoms with Gasteiger partial charge in [-0.15, -0.1) is 12.4 Å². The van der Waals surface area contributed by atoms with Crippen LogP contribution >= 0.6 is 12.4 Å². The van der Waals surface area contributed by atoms with Crippen LogP contribution in [-0.4, -0.2) is 56.2 Å². The number of amides is 1. The van der Waals surface area contributed by atoms with Crippen molar-refractivity contribution < 1.29 is 4.79 Å². The summed E-state index contributed by atoms with van der Waals surface area (Å²) < 4.78 is 3.89. The van der Waals surface area contributed by atoms with Gasteiger partial charge in [-0.25, -0.2) is 14.3 Å². The Labute approximate surface area is 157 Å². The molecule has 1 saturated heterocycles. The van der Waals surface area contributed by atoms with Crippen LogP contribution in [-0.2, 0) is 25.4 Å². The van der Waals surface area contributed by atoms with Gasteiger partial charge >= 0.3 is 5.69 Å². The van der Waals surface area contributed by atoms with Gasteiger partial charge in [-0.05, 0) is 32.4 Å². The third kappa shape index (κ3) is 3.54. The zero-order valence-electron chi connectivity index (χ0n) is 15.3. The van der Waals surface area contributed by atoms with Crippen molar-refractivity contribution in [3.63, 3.8) is 0 Å². The van der Waals surface area contributed by atoms with Crippen LogP contribution in [0.15, 0.2) is 15.9 Å². The van der Waals surface area contributed by atoms with E-state index in [1.165, 1.54) is 10.9 Å². The fourth-order valence-electron chi connectivity index (χ4n) is 3.45.